The van der Waals surface area contributed by atoms with Crippen molar-refractivity contribution in [3.63, 3.8) is 0 Å². The third-order valence-corrected chi connectivity index (χ3v) is 5.45. The Morgan fingerprint density at radius 1 is 1.11 bits per heavy atom. The van der Waals surface area contributed by atoms with Gasteiger partial charge in [0.25, 0.3) is 0 Å². The summed E-state index contributed by atoms with van der Waals surface area (Å²) >= 11 is 0. The Hall–Kier alpha value is -1.32. The van der Waals surface area contributed by atoms with Crippen LogP contribution in [0.2, 0.25) is 0 Å². The van der Waals surface area contributed by atoms with Gasteiger partial charge in [-0.25, -0.2) is 22.0 Å². The average Bonchev–Trinajstić information content (AvgIpc) is 2.26. The first-order chi connectivity index (χ1) is 8.67. The topological polar surface area (TPSA) is 124 Å². The van der Waals surface area contributed by atoms with Crippen molar-refractivity contribution in [3.8, 4) is 0 Å². The first-order valence-corrected chi connectivity index (χ1v) is 8.93. The van der Waals surface area contributed by atoms with Gasteiger partial charge in [0.2, 0.25) is 10.0 Å². The molecule has 0 spiro atoms. The normalized spacial score (nSPS) is 19.3. The van der Waals surface area contributed by atoms with E-state index in [4.69, 9.17) is 10.9 Å². The van der Waals surface area contributed by atoms with E-state index in [-0.39, 0.29) is 22.1 Å². The summed E-state index contributed by atoms with van der Waals surface area (Å²) in [4.78, 5) is 1.71. The Bertz CT molecular complexity index is 683. The molecule has 0 unspecified atom stereocenters. The van der Waals surface area contributed by atoms with E-state index in [0.717, 1.165) is 0 Å². The van der Waals surface area contributed by atoms with Gasteiger partial charge in [0, 0.05) is 24.5 Å². The van der Waals surface area contributed by atoms with E-state index in [9.17, 15) is 16.8 Å². The van der Waals surface area contributed by atoms with E-state index in [1.165, 1.54) is 12.1 Å². The van der Waals surface area contributed by atoms with E-state index in [0.29, 0.717) is 18.8 Å². The molecule has 0 radical (unpaired) electrons. The second-order valence-electron chi connectivity index (χ2n) is 4.44. The Balaban J connectivity index is 2.34. The van der Waals surface area contributed by atoms with Crippen molar-refractivity contribution in [2.75, 3.05) is 35.2 Å². The van der Waals surface area contributed by atoms with Crippen molar-refractivity contribution >= 4 is 31.2 Å². The van der Waals surface area contributed by atoms with Crippen LogP contribution in [0.15, 0.2) is 23.1 Å². The van der Waals surface area contributed by atoms with Crippen LogP contribution in [-0.4, -0.2) is 41.4 Å². The van der Waals surface area contributed by atoms with Crippen molar-refractivity contribution in [3.05, 3.63) is 18.2 Å². The molecular weight excluding hydrogens is 290 g/mol. The standard InChI is InChI=1S/C10H15N3O4S2/c11-8-5-9(7-10(6-8)19(12,16)17)13-1-3-18(14,15)4-2-13/h5-7H,1-4,11H2,(H2,12,16,17). The van der Waals surface area contributed by atoms with Crippen LogP contribution in [0.3, 0.4) is 0 Å². The minimum atomic E-state index is -3.83. The summed E-state index contributed by atoms with van der Waals surface area (Å²) < 4.78 is 45.4. The second kappa shape index (κ2) is 4.66. The Morgan fingerprint density at radius 2 is 1.68 bits per heavy atom. The van der Waals surface area contributed by atoms with Crippen LogP contribution < -0.4 is 15.8 Å². The molecule has 0 amide bonds. The van der Waals surface area contributed by atoms with Crippen molar-refractivity contribution in [2.45, 2.75) is 4.90 Å². The molecule has 0 aliphatic carbocycles. The van der Waals surface area contributed by atoms with Crippen LogP contribution in [0.4, 0.5) is 11.4 Å². The van der Waals surface area contributed by atoms with Crippen LogP contribution >= 0.6 is 0 Å². The molecule has 0 bridgehead atoms. The first-order valence-electron chi connectivity index (χ1n) is 5.56. The number of nitrogens with two attached hydrogens (primary N) is 2. The number of anilines is 2. The molecular formula is C10H15N3O4S2. The number of primary sulfonamides is 1. The number of benzene rings is 1. The van der Waals surface area contributed by atoms with Crippen LogP contribution in [0.5, 0.6) is 0 Å². The molecule has 2 rings (SSSR count). The van der Waals surface area contributed by atoms with Gasteiger partial charge in [-0.1, -0.05) is 0 Å². The maximum Gasteiger partial charge on any atom is 0.238 e. The van der Waals surface area contributed by atoms with E-state index < -0.39 is 19.9 Å². The number of sulfonamides is 1. The molecule has 1 aliphatic heterocycles. The highest BCUT2D eigenvalue weighted by Crippen LogP contribution is 2.24. The second-order valence-corrected chi connectivity index (χ2v) is 8.31. The van der Waals surface area contributed by atoms with Gasteiger partial charge < -0.3 is 10.6 Å². The number of sulfone groups is 1. The number of nitrogen functional groups attached to an aromatic ring is 1. The van der Waals surface area contributed by atoms with Crippen molar-refractivity contribution < 1.29 is 16.8 Å². The predicted octanol–water partition coefficient (Wildman–Crippen LogP) is -0.849. The lowest BCUT2D eigenvalue weighted by molar-refractivity contribution is 0.586. The molecule has 1 fully saturated rings. The molecule has 9 heteroatoms. The lowest BCUT2D eigenvalue weighted by Crippen LogP contribution is -2.40. The SMILES string of the molecule is Nc1cc(N2CCS(=O)(=O)CC2)cc(S(N)(=O)=O)c1. The Kier molecular flexibility index (Phi) is 3.45. The van der Waals surface area contributed by atoms with Gasteiger partial charge in [-0.15, -0.1) is 0 Å². The fraction of sp³-hybridized carbons (Fsp3) is 0.400. The number of hydrogen-bond acceptors (Lipinski definition) is 6. The summed E-state index contributed by atoms with van der Waals surface area (Å²) in [6, 6.07) is 4.29. The minimum absolute atomic E-state index is 0.0481. The molecule has 4 N–H and O–H groups in total. The number of rotatable bonds is 2. The zero-order valence-corrected chi connectivity index (χ0v) is 11.7. The molecule has 0 saturated carbocycles. The van der Waals surface area contributed by atoms with Crippen LogP contribution in [0.25, 0.3) is 0 Å². The highest BCUT2D eigenvalue weighted by molar-refractivity contribution is 7.91. The molecule has 1 aromatic carbocycles. The Morgan fingerprint density at radius 3 is 2.21 bits per heavy atom. The minimum Gasteiger partial charge on any atom is -0.399 e. The summed E-state index contributed by atoms with van der Waals surface area (Å²) in [7, 11) is -6.82. The van der Waals surface area contributed by atoms with Crippen molar-refractivity contribution in [2.24, 2.45) is 5.14 Å². The lowest BCUT2D eigenvalue weighted by atomic mass is 10.2. The van der Waals surface area contributed by atoms with Gasteiger partial charge in [0.05, 0.1) is 16.4 Å². The number of hydrogen-bond donors (Lipinski definition) is 2. The summed E-state index contributed by atoms with van der Waals surface area (Å²) in [5, 5.41) is 5.07. The molecule has 1 saturated heterocycles. The van der Waals surface area contributed by atoms with Crippen LogP contribution in [0.1, 0.15) is 0 Å². The van der Waals surface area contributed by atoms with Gasteiger partial charge in [0.1, 0.15) is 0 Å². The Labute approximate surface area is 112 Å². The molecule has 1 heterocycles. The van der Waals surface area contributed by atoms with E-state index >= 15 is 0 Å². The fourth-order valence-electron chi connectivity index (χ4n) is 1.92. The summed E-state index contributed by atoms with van der Waals surface area (Å²) in [6.45, 7) is 0.631. The zero-order valence-electron chi connectivity index (χ0n) is 10.1. The van der Waals surface area contributed by atoms with Gasteiger partial charge >= 0.3 is 0 Å². The largest absolute Gasteiger partial charge is 0.399 e. The molecule has 7 nitrogen and oxygen atoms in total. The van der Waals surface area contributed by atoms with Gasteiger partial charge in [-0.05, 0) is 18.2 Å². The molecule has 19 heavy (non-hydrogen) atoms. The van der Waals surface area contributed by atoms with E-state index in [2.05, 4.69) is 0 Å². The average molecular weight is 305 g/mol. The highest BCUT2D eigenvalue weighted by atomic mass is 32.2. The summed E-state index contributed by atoms with van der Waals surface area (Å²) in [5.41, 5.74) is 6.49. The quantitative estimate of drug-likeness (QED) is 0.686. The molecule has 1 aromatic rings. The monoisotopic (exact) mass is 305 g/mol. The van der Waals surface area contributed by atoms with Crippen LogP contribution in [-0.2, 0) is 19.9 Å². The predicted molar refractivity (Wildman–Crippen MR) is 73.1 cm³/mol. The fourth-order valence-corrected chi connectivity index (χ4v) is 3.71. The summed E-state index contributed by atoms with van der Waals surface area (Å²) in [6.07, 6.45) is 0. The molecule has 0 aromatic heterocycles. The lowest BCUT2D eigenvalue weighted by Gasteiger charge is -2.29. The van der Waals surface area contributed by atoms with Gasteiger partial charge in [-0.2, -0.15) is 0 Å². The van der Waals surface area contributed by atoms with Crippen molar-refractivity contribution in [1.29, 1.82) is 0 Å². The molecule has 0 atom stereocenters. The van der Waals surface area contributed by atoms with Crippen molar-refractivity contribution in [1.82, 2.24) is 0 Å². The smallest absolute Gasteiger partial charge is 0.238 e. The van der Waals surface area contributed by atoms with Crippen LogP contribution in [0, 0.1) is 0 Å². The summed E-state index contributed by atoms with van der Waals surface area (Å²) in [5.74, 6) is 0.0962. The van der Waals surface area contributed by atoms with E-state index in [1.54, 1.807) is 11.0 Å². The van der Waals surface area contributed by atoms with Gasteiger partial charge in [0.15, 0.2) is 9.84 Å². The number of nitrogens with zero attached hydrogens (tertiary/aromatic N) is 1. The molecule has 1 aliphatic rings. The van der Waals surface area contributed by atoms with Gasteiger partial charge in [-0.3, -0.25) is 0 Å². The molecule has 106 valence electrons. The van der Waals surface area contributed by atoms with E-state index in [1.807, 2.05) is 0 Å². The zero-order chi connectivity index (χ0) is 14.3. The maximum atomic E-state index is 11.4. The maximum absolute atomic E-state index is 11.4. The third-order valence-electron chi connectivity index (χ3n) is 2.95. The highest BCUT2D eigenvalue weighted by Gasteiger charge is 2.23. The first kappa shape index (κ1) is 14.1. The third kappa shape index (κ3) is 3.37.